The van der Waals surface area contributed by atoms with Crippen molar-refractivity contribution < 1.29 is 19.2 Å². The van der Waals surface area contributed by atoms with Crippen LogP contribution in [-0.4, -0.2) is 28.6 Å². The Morgan fingerprint density at radius 1 is 1.45 bits per heavy atom. The zero-order valence-corrected chi connectivity index (χ0v) is 12.3. The van der Waals surface area contributed by atoms with Crippen molar-refractivity contribution in [1.29, 1.82) is 0 Å². The average Bonchev–Trinajstić information content (AvgIpc) is 2.84. The average molecular weight is 321 g/mol. The standard InChI is InChI=1S/C13H11N3O5S/c1-15-9-6-8(16(18)19)2-3-11(9)22-13(15)14-12(17)10-7-20-4-5-21-10/h2-3,6-7H,4-5H2,1H3. The number of nitro groups is 1. The maximum absolute atomic E-state index is 12.0. The summed E-state index contributed by atoms with van der Waals surface area (Å²) in [6.45, 7) is 0.703. The Morgan fingerprint density at radius 2 is 2.27 bits per heavy atom. The summed E-state index contributed by atoms with van der Waals surface area (Å²) in [6.07, 6.45) is 1.24. The third kappa shape index (κ3) is 2.58. The van der Waals surface area contributed by atoms with Crippen molar-refractivity contribution in [3.63, 3.8) is 0 Å². The highest BCUT2D eigenvalue weighted by Crippen LogP contribution is 2.22. The number of aryl methyl sites for hydroxylation is 1. The van der Waals surface area contributed by atoms with Crippen LogP contribution in [0.4, 0.5) is 5.69 Å². The third-order valence-corrected chi connectivity index (χ3v) is 4.17. The summed E-state index contributed by atoms with van der Waals surface area (Å²) in [5.41, 5.74) is 0.631. The lowest BCUT2D eigenvalue weighted by atomic mass is 10.3. The monoisotopic (exact) mass is 321 g/mol. The van der Waals surface area contributed by atoms with Gasteiger partial charge in [0.15, 0.2) is 4.80 Å². The normalized spacial score (nSPS) is 15.1. The number of hydrogen-bond acceptors (Lipinski definition) is 6. The van der Waals surface area contributed by atoms with Crippen molar-refractivity contribution >= 4 is 33.1 Å². The first-order valence-electron chi connectivity index (χ1n) is 6.34. The van der Waals surface area contributed by atoms with Crippen molar-refractivity contribution in [3.8, 4) is 0 Å². The second kappa shape index (κ2) is 5.60. The van der Waals surface area contributed by atoms with Gasteiger partial charge in [0, 0.05) is 19.2 Å². The summed E-state index contributed by atoms with van der Waals surface area (Å²) in [5.74, 6) is -0.494. The molecule has 114 valence electrons. The van der Waals surface area contributed by atoms with Crippen LogP contribution in [-0.2, 0) is 21.3 Å². The second-order valence-electron chi connectivity index (χ2n) is 4.47. The fraction of sp³-hybridized carbons (Fsp3) is 0.231. The van der Waals surface area contributed by atoms with E-state index in [1.807, 2.05) is 0 Å². The van der Waals surface area contributed by atoms with Crippen molar-refractivity contribution in [2.45, 2.75) is 0 Å². The van der Waals surface area contributed by atoms with Crippen LogP contribution in [0, 0.1) is 10.1 Å². The molecule has 9 heteroatoms. The molecule has 0 saturated carbocycles. The first kappa shape index (κ1) is 14.3. The van der Waals surface area contributed by atoms with Crippen molar-refractivity contribution in [2.24, 2.45) is 12.0 Å². The molecule has 8 nitrogen and oxygen atoms in total. The zero-order chi connectivity index (χ0) is 15.7. The lowest BCUT2D eigenvalue weighted by Crippen LogP contribution is -2.18. The predicted octanol–water partition coefficient (Wildman–Crippen LogP) is 1.46. The van der Waals surface area contributed by atoms with E-state index in [1.165, 1.54) is 29.7 Å². The number of ether oxygens (including phenoxy) is 2. The molecule has 0 atom stereocenters. The molecule has 0 fully saturated rings. The Kier molecular flexibility index (Phi) is 3.63. The molecule has 22 heavy (non-hydrogen) atoms. The Morgan fingerprint density at radius 3 is 2.95 bits per heavy atom. The van der Waals surface area contributed by atoms with E-state index in [0.29, 0.717) is 23.5 Å². The molecular formula is C13H11N3O5S. The quantitative estimate of drug-likeness (QED) is 0.616. The highest BCUT2D eigenvalue weighted by atomic mass is 32.1. The molecule has 1 aliphatic rings. The molecule has 1 aromatic heterocycles. The highest BCUT2D eigenvalue weighted by Gasteiger charge is 2.15. The maximum atomic E-state index is 12.0. The van der Waals surface area contributed by atoms with Crippen LogP contribution < -0.4 is 4.80 Å². The number of carbonyl (C=O) groups excluding carboxylic acids is 1. The van der Waals surface area contributed by atoms with Crippen LogP contribution in [0.1, 0.15) is 0 Å². The van der Waals surface area contributed by atoms with E-state index in [2.05, 4.69) is 4.99 Å². The number of rotatable bonds is 2. The van der Waals surface area contributed by atoms with Gasteiger partial charge in [-0.15, -0.1) is 0 Å². The minimum atomic E-state index is -0.545. The molecule has 2 heterocycles. The van der Waals surface area contributed by atoms with Crippen LogP contribution in [0.2, 0.25) is 0 Å². The number of nitrogens with zero attached hydrogens (tertiary/aromatic N) is 3. The Bertz CT molecular complexity index is 864. The fourth-order valence-electron chi connectivity index (χ4n) is 1.96. The number of aromatic nitrogens is 1. The predicted molar refractivity (Wildman–Crippen MR) is 78.0 cm³/mol. The van der Waals surface area contributed by atoms with Crippen molar-refractivity contribution in [1.82, 2.24) is 4.57 Å². The molecule has 0 aliphatic carbocycles. The fourth-order valence-corrected chi connectivity index (χ4v) is 2.95. The number of nitro benzene ring substituents is 1. The number of fused-ring (bicyclic) bond motifs is 1. The minimum absolute atomic E-state index is 0.00880. The van der Waals surface area contributed by atoms with E-state index in [0.717, 1.165) is 4.70 Å². The van der Waals surface area contributed by atoms with Gasteiger partial charge < -0.3 is 14.0 Å². The molecule has 0 spiro atoms. The lowest BCUT2D eigenvalue weighted by molar-refractivity contribution is -0.384. The van der Waals surface area contributed by atoms with Crippen LogP contribution in [0.25, 0.3) is 10.2 Å². The molecule has 0 bridgehead atoms. The minimum Gasteiger partial charge on any atom is -0.494 e. The van der Waals surface area contributed by atoms with Crippen LogP contribution in [0.15, 0.2) is 35.2 Å². The van der Waals surface area contributed by atoms with Gasteiger partial charge in [-0.25, -0.2) is 0 Å². The van der Waals surface area contributed by atoms with Crippen LogP contribution in [0.3, 0.4) is 0 Å². The molecule has 0 unspecified atom stereocenters. The maximum Gasteiger partial charge on any atom is 0.317 e. The first-order chi connectivity index (χ1) is 10.6. The number of thiazole rings is 1. The topological polar surface area (TPSA) is 96.0 Å². The first-order valence-corrected chi connectivity index (χ1v) is 7.15. The number of hydrogen-bond donors (Lipinski definition) is 0. The van der Waals surface area contributed by atoms with E-state index in [-0.39, 0.29) is 11.4 Å². The van der Waals surface area contributed by atoms with Gasteiger partial charge in [-0.1, -0.05) is 11.3 Å². The Balaban J connectivity index is 2.05. The van der Waals surface area contributed by atoms with Crippen molar-refractivity contribution in [2.75, 3.05) is 13.2 Å². The van der Waals surface area contributed by atoms with E-state index in [1.54, 1.807) is 17.7 Å². The molecule has 1 aromatic carbocycles. The van der Waals surface area contributed by atoms with Gasteiger partial charge in [-0.2, -0.15) is 4.99 Å². The van der Waals surface area contributed by atoms with E-state index >= 15 is 0 Å². The number of benzene rings is 1. The molecule has 0 radical (unpaired) electrons. The van der Waals surface area contributed by atoms with Crippen LogP contribution in [0.5, 0.6) is 0 Å². The summed E-state index contributed by atoms with van der Waals surface area (Å²) in [6, 6.07) is 4.51. The summed E-state index contributed by atoms with van der Waals surface area (Å²) >= 11 is 1.27. The van der Waals surface area contributed by atoms with E-state index in [4.69, 9.17) is 9.47 Å². The molecule has 2 aromatic rings. The van der Waals surface area contributed by atoms with E-state index < -0.39 is 10.8 Å². The van der Waals surface area contributed by atoms with Gasteiger partial charge in [0.2, 0.25) is 5.76 Å². The molecule has 0 saturated heterocycles. The Labute approximate surface area is 128 Å². The summed E-state index contributed by atoms with van der Waals surface area (Å²) < 4.78 is 12.6. The lowest BCUT2D eigenvalue weighted by Gasteiger charge is -2.12. The summed E-state index contributed by atoms with van der Waals surface area (Å²) in [5, 5.41) is 10.8. The highest BCUT2D eigenvalue weighted by molar-refractivity contribution is 7.16. The second-order valence-corrected chi connectivity index (χ2v) is 5.48. The smallest absolute Gasteiger partial charge is 0.317 e. The molecule has 1 aliphatic heterocycles. The SMILES string of the molecule is Cn1c(=NC(=O)C2=COCCO2)sc2ccc([N+](=O)[O-])cc21. The van der Waals surface area contributed by atoms with Gasteiger partial charge in [-0.05, 0) is 6.07 Å². The Hall–Kier alpha value is -2.68. The van der Waals surface area contributed by atoms with Gasteiger partial charge in [0.25, 0.3) is 5.69 Å². The number of non-ortho nitro benzene ring substituents is 1. The van der Waals surface area contributed by atoms with Gasteiger partial charge in [-0.3, -0.25) is 14.9 Å². The molecule has 0 N–H and O–H groups in total. The van der Waals surface area contributed by atoms with Gasteiger partial charge >= 0.3 is 5.91 Å². The summed E-state index contributed by atoms with van der Waals surface area (Å²) in [7, 11) is 1.70. The zero-order valence-electron chi connectivity index (χ0n) is 11.5. The number of amides is 1. The molecule has 3 rings (SSSR count). The molecule has 1 amide bonds. The largest absolute Gasteiger partial charge is 0.494 e. The summed E-state index contributed by atoms with van der Waals surface area (Å²) in [4.78, 5) is 26.8. The van der Waals surface area contributed by atoms with Gasteiger partial charge in [0.1, 0.15) is 19.5 Å². The molecular weight excluding hydrogens is 310 g/mol. The van der Waals surface area contributed by atoms with E-state index in [9.17, 15) is 14.9 Å². The third-order valence-electron chi connectivity index (χ3n) is 3.06. The number of carbonyl (C=O) groups is 1. The van der Waals surface area contributed by atoms with Gasteiger partial charge in [0.05, 0.1) is 15.1 Å². The van der Waals surface area contributed by atoms with Crippen molar-refractivity contribution in [3.05, 3.63) is 45.1 Å². The van der Waals surface area contributed by atoms with Crippen LogP contribution >= 0.6 is 11.3 Å².